The van der Waals surface area contributed by atoms with E-state index in [-0.39, 0.29) is 17.3 Å². The molecule has 2 atom stereocenters. The number of primary amides is 1. The third-order valence-electron chi connectivity index (χ3n) is 4.00. The number of thioether (sulfide) groups is 1. The molecule has 1 aromatic carbocycles. The van der Waals surface area contributed by atoms with E-state index in [1.165, 1.54) is 23.1 Å². The monoisotopic (exact) mass is 407 g/mol. The van der Waals surface area contributed by atoms with E-state index in [4.69, 9.17) is 10.5 Å². The van der Waals surface area contributed by atoms with Gasteiger partial charge in [-0.2, -0.15) is 0 Å². The molecule has 1 saturated heterocycles. The maximum Gasteiger partial charge on any atom is 0.248 e. The highest BCUT2D eigenvalue weighted by Crippen LogP contribution is 2.29. The summed E-state index contributed by atoms with van der Waals surface area (Å²) in [6.45, 7) is 3.34. The van der Waals surface area contributed by atoms with Crippen LogP contribution in [-0.4, -0.2) is 46.5 Å². The number of hydrogen-bond donors (Lipinski definition) is 3. The number of carbonyl (C=O) groups excluding carboxylic acids is 2. The van der Waals surface area contributed by atoms with Crippen molar-refractivity contribution in [1.82, 2.24) is 10.2 Å². The van der Waals surface area contributed by atoms with E-state index in [1.807, 2.05) is 0 Å². The normalized spacial score (nSPS) is 17.4. The minimum Gasteiger partial charge on any atom is -0.376 e. The van der Waals surface area contributed by atoms with E-state index in [2.05, 4.69) is 20.8 Å². The summed E-state index contributed by atoms with van der Waals surface area (Å²) >= 11 is 2.76. The van der Waals surface area contributed by atoms with Crippen LogP contribution in [0.2, 0.25) is 0 Å². The van der Waals surface area contributed by atoms with E-state index in [9.17, 15) is 9.59 Å². The summed E-state index contributed by atoms with van der Waals surface area (Å²) in [6, 6.07) is 6.44. The van der Waals surface area contributed by atoms with Crippen LogP contribution in [0.4, 0.5) is 10.8 Å². The molecular formula is C17H21N5O3S2. The van der Waals surface area contributed by atoms with Crippen molar-refractivity contribution in [3.05, 3.63) is 29.8 Å². The summed E-state index contributed by atoms with van der Waals surface area (Å²) in [6.07, 6.45) is 2.39. The van der Waals surface area contributed by atoms with Gasteiger partial charge in [-0.15, -0.1) is 10.2 Å². The van der Waals surface area contributed by atoms with E-state index in [0.29, 0.717) is 11.3 Å². The van der Waals surface area contributed by atoms with Crippen molar-refractivity contribution in [1.29, 1.82) is 0 Å². The maximum absolute atomic E-state index is 12.3. The Hall–Kier alpha value is -2.17. The van der Waals surface area contributed by atoms with Crippen LogP contribution in [0, 0.1) is 0 Å². The second kappa shape index (κ2) is 9.16. The largest absolute Gasteiger partial charge is 0.376 e. The van der Waals surface area contributed by atoms with Gasteiger partial charge < -0.3 is 21.1 Å². The molecule has 0 radical (unpaired) electrons. The van der Waals surface area contributed by atoms with Crippen LogP contribution in [0.3, 0.4) is 0 Å². The van der Waals surface area contributed by atoms with E-state index < -0.39 is 5.91 Å². The molecule has 1 fully saturated rings. The van der Waals surface area contributed by atoms with Crippen LogP contribution >= 0.6 is 23.1 Å². The zero-order valence-electron chi connectivity index (χ0n) is 14.8. The smallest absolute Gasteiger partial charge is 0.248 e. The van der Waals surface area contributed by atoms with Gasteiger partial charge in [0.2, 0.25) is 16.9 Å². The third kappa shape index (κ3) is 5.65. The highest BCUT2D eigenvalue weighted by molar-refractivity contribution is 8.02. The molecule has 0 aliphatic carbocycles. The molecule has 10 heteroatoms. The van der Waals surface area contributed by atoms with Crippen molar-refractivity contribution in [2.75, 3.05) is 23.8 Å². The topological polar surface area (TPSA) is 119 Å². The lowest BCUT2D eigenvalue weighted by Crippen LogP contribution is -2.22. The maximum atomic E-state index is 12.3. The van der Waals surface area contributed by atoms with Gasteiger partial charge in [-0.25, -0.2) is 0 Å². The molecule has 27 heavy (non-hydrogen) atoms. The molecule has 0 bridgehead atoms. The molecule has 0 spiro atoms. The Balaban J connectivity index is 1.48. The Morgan fingerprint density at radius 3 is 2.81 bits per heavy atom. The summed E-state index contributed by atoms with van der Waals surface area (Å²) in [4.78, 5) is 23.4. The number of amides is 2. The quantitative estimate of drug-likeness (QED) is 0.575. The number of nitrogens with two attached hydrogens (primary N) is 1. The lowest BCUT2D eigenvalue weighted by atomic mass is 10.2. The molecule has 1 aliphatic heterocycles. The van der Waals surface area contributed by atoms with Crippen molar-refractivity contribution < 1.29 is 14.3 Å². The predicted octanol–water partition coefficient (Wildman–Crippen LogP) is 2.35. The first kappa shape index (κ1) is 19.6. The van der Waals surface area contributed by atoms with Gasteiger partial charge in [0, 0.05) is 24.4 Å². The van der Waals surface area contributed by atoms with Crippen molar-refractivity contribution in [2.24, 2.45) is 5.73 Å². The Bertz CT molecular complexity index is 790. The minimum absolute atomic E-state index is 0.157. The molecule has 0 unspecified atom stereocenters. The van der Waals surface area contributed by atoms with Crippen molar-refractivity contribution in [3.63, 3.8) is 0 Å². The highest BCUT2D eigenvalue weighted by Gasteiger charge is 2.19. The third-order valence-corrected chi connectivity index (χ3v) is 6.06. The molecule has 4 N–H and O–H groups in total. The summed E-state index contributed by atoms with van der Waals surface area (Å²) in [5.74, 6) is -0.659. The second-order valence-electron chi connectivity index (χ2n) is 6.08. The van der Waals surface area contributed by atoms with Crippen molar-refractivity contribution in [3.8, 4) is 0 Å². The highest BCUT2D eigenvalue weighted by atomic mass is 32.2. The fourth-order valence-corrected chi connectivity index (χ4v) is 4.40. The van der Waals surface area contributed by atoms with E-state index >= 15 is 0 Å². The van der Waals surface area contributed by atoms with Gasteiger partial charge in [-0.05, 0) is 44.0 Å². The first-order valence-electron chi connectivity index (χ1n) is 8.57. The molecule has 0 saturated carbocycles. The number of aromatic nitrogens is 2. The van der Waals surface area contributed by atoms with Gasteiger partial charge in [0.1, 0.15) is 0 Å². The first-order valence-corrected chi connectivity index (χ1v) is 10.3. The van der Waals surface area contributed by atoms with Crippen molar-refractivity contribution >= 4 is 45.7 Å². The van der Waals surface area contributed by atoms with E-state index in [0.717, 1.165) is 35.5 Å². The van der Waals surface area contributed by atoms with Gasteiger partial charge in [-0.1, -0.05) is 23.1 Å². The van der Waals surface area contributed by atoms with Gasteiger partial charge in [0.25, 0.3) is 0 Å². The SMILES string of the molecule is C[C@H](Sc1nnc(NC[C@@H]2CCCO2)s1)C(=O)Nc1ccc(C(N)=O)cc1. The average molecular weight is 408 g/mol. The zero-order chi connectivity index (χ0) is 19.2. The summed E-state index contributed by atoms with van der Waals surface area (Å²) < 4.78 is 6.28. The fraction of sp³-hybridized carbons (Fsp3) is 0.412. The number of rotatable bonds is 8. The summed E-state index contributed by atoms with van der Waals surface area (Å²) in [5.41, 5.74) is 6.21. The second-order valence-corrected chi connectivity index (χ2v) is 8.65. The minimum atomic E-state index is -0.503. The lowest BCUT2D eigenvalue weighted by Gasteiger charge is -2.10. The molecule has 8 nitrogen and oxygen atoms in total. The Morgan fingerprint density at radius 2 is 2.15 bits per heavy atom. The predicted molar refractivity (Wildman–Crippen MR) is 106 cm³/mol. The Morgan fingerprint density at radius 1 is 1.37 bits per heavy atom. The molecule has 2 amide bonds. The van der Waals surface area contributed by atoms with Crippen molar-refractivity contribution in [2.45, 2.75) is 35.5 Å². The molecule has 144 valence electrons. The average Bonchev–Trinajstić information content (AvgIpc) is 3.32. The van der Waals surface area contributed by atoms with Crippen LogP contribution in [0.1, 0.15) is 30.1 Å². The number of ether oxygens (including phenoxy) is 1. The number of hydrogen-bond acceptors (Lipinski definition) is 8. The molecule has 2 aromatic rings. The zero-order valence-corrected chi connectivity index (χ0v) is 16.4. The molecule has 3 rings (SSSR count). The number of nitrogens with zero attached hydrogens (tertiary/aromatic N) is 2. The van der Waals surface area contributed by atoms with Crippen LogP contribution < -0.4 is 16.4 Å². The molecular weight excluding hydrogens is 386 g/mol. The number of nitrogens with one attached hydrogen (secondary N) is 2. The molecule has 1 aromatic heterocycles. The van der Waals surface area contributed by atoms with E-state index in [1.54, 1.807) is 31.2 Å². The van der Waals surface area contributed by atoms with Crippen LogP contribution in [0.5, 0.6) is 0 Å². The molecule has 2 heterocycles. The summed E-state index contributed by atoms with van der Waals surface area (Å²) in [5, 5.41) is 14.6. The van der Waals surface area contributed by atoms with Gasteiger partial charge >= 0.3 is 0 Å². The lowest BCUT2D eigenvalue weighted by molar-refractivity contribution is -0.115. The number of carbonyl (C=O) groups is 2. The Kier molecular flexibility index (Phi) is 6.64. The Labute approximate surface area is 165 Å². The first-order chi connectivity index (χ1) is 13.0. The van der Waals surface area contributed by atoms with Gasteiger partial charge in [-0.3, -0.25) is 9.59 Å². The molecule has 1 aliphatic rings. The summed E-state index contributed by atoms with van der Waals surface area (Å²) in [7, 11) is 0. The number of anilines is 2. The van der Waals surface area contributed by atoms with Crippen LogP contribution in [-0.2, 0) is 9.53 Å². The van der Waals surface area contributed by atoms with Crippen LogP contribution in [0.15, 0.2) is 28.6 Å². The van der Waals surface area contributed by atoms with Gasteiger partial charge in [0.15, 0.2) is 4.34 Å². The fourth-order valence-electron chi connectivity index (χ4n) is 2.50. The van der Waals surface area contributed by atoms with Gasteiger partial charge in [0.05, 0.1) is 11.4 Å². The number of benzene rings is 1. The van der Waals surface area contributed by atoms with Crippen LogP contribution in [0.25, 0.3) is 0 Å². The standard InChI is InChI=1S/C17H21N5O3S2/c1-10(15(24)20-12-6-4-11(5-7-12)14(18)23)26-17-22-21-16(27-17)19-9-13-3-2-8-25-13/h4-7,10,13H,2-3,8-9H2,1H3,(H2,18,23)(H,19,21)(H,20,24)/t10-,13-/m0/s1.